The molecule has 3 aromatic rings. The Morgan fingerprint density at radius 3 is 2.47 bits per heavy atom. The maximum atomic E-state index is 13.5. The van der Waals surface area contributed by atoms with E-state index < -0.39 is 22.2 Å². The number of aliphatic hydroxyl groups excluding tert-OH is 1. The number of sulfonamides is 1. The van der Waals surface area contributed by atoms with Crippen LogP contribution in [0, 0.1) is 0 Å². The van der Waals surface area contributed by atoms with Gasteiger partial charge in [0.1, 0.15) is 0 Å². The molecule has 32 heavy (non-hydrogen) atoms. The van der Waals surface area contributed by atoms with E-state index in [0.29, 0.717) is 17.5 Å². The fourth-order valence-corrected chi connectivity index (χ4v) is 5.21. The number of nitrogens with two attached hydrogens (primary N) is 1. The van der Waals surface area contributed by atoms with Crippen LogP contribution in [0.25, 0.3) is 11.0 Å². The molecule has 0 radical (unpaired) electrons. The van der Waals surface area contributed by atoms with Gasteiger partial charge in [0.05, 0.1) is 34.7 Å². The zero-order chi connectivity index (χ0) is 22.6. The molecule has 0 amide bonds. The summed E-state index contributed by atoms with van der Waals surface area (Å²) >= 11 is 0. The first kappa shape index (κ1) is 22.8. The van der Waals surface area contributed by atoms with Gasteiger partial charge in [-0.3, -0.25) is 14.8 Å². The summed E-state index contributed by atoms with van der Waals surface area (Å²) < 4.78 is 27.9. The zero-order valence-corrected chi connectivity index (χ0v) is 18.6. The second-order valence-electron chi connectivity index (χ2n) is 8.13. The Kier molecular flexibility index (Phi) is 7.12. The summed E-state index contributed by atoms with van der Waals surface area (Å²) in [5, 5.41) is 10.8. The van der Waals surface area contributed by atoms with Crippen molar-refractivity contribution in [1.82, 2.24) is 14.4 Å². The summed E-state index contributed by atoms with van der Waals surface area (Å²) in [7, 11) is -4.05. The average molecular weight is 457 g/mol. The Hall–Kier alpha value is -2.43. The van der Waals surface area contributed by atoms with E-state index in [1.54, 1.807) is 12.3 Å². The Balaban J connectivity index is 1.57. The van der Waals surface area contributed by atoms with Crippen molar-refractivity contribution < 1.29 is 18.4 Å². The molecule has 2 aromatic carbocycles. The molecule has 170 valence electrons. The molecule has 1 saturated carbocycles. The summed E-state index contributed by atoms with van der Waals surface area (Å²) in [4.78, 5) is 14.3. The van der Waals surface area contributed by atoms with E-state index in [0.717, 1.165) is 35.7 Å². The lowest BCUT2D eigenvalue weighted by atomic mass is 10.0. The van der Waals surface area contributed by atoms with Gasteiger partial charge in [0, 0.05) is 18.4 Å². The second kappa shape index (κ2) is 10.0. The van der Waals surface area contributed by atoms with Crippen LogP contribution in [-0.2, 0) is 21.3 Å². The van der Waals surface area contributed by atoms with Gasteiger partial charge in [-0.25, -0.2) is 8.42 Å². The third-order valence-electron chi connectivity index (χ3n) is 5.72. The number of aromatic nitrogens is 2. The number of hydrogen-bond acceptors (Lipinski definition) is 7. The summed E-state index contributed by atoms with van der Waals surface area (Å²) in [6.45, 7) is -0.259. The monoisotopic (exact) mass is 456 g/mol. The molecule has 0 bridgehead atoms. The number of nitrogens with zero attached hydrogens (tertiary/aromatic N) is 3. The van der Waals surface area contributed by atoms with Gasteiger partial charge in [0.15, 0.2) is 0 Å². The average Bonchev–Trinajstić information content (AvgIpc) is 3.32. The lowest BCUT2D eigenvalue weighted by Crippen LogP contribution is -2.47. The van der Waals surface area contributed by atoms with E-state index in [1.165, 1.54) is 18.3 Å². The molecule has 9 heteroatoms. The van der Waals surface area contributed by atoms with Crippen LogP contribution in [0.3, 0.4) is 0 Å². The number of hydroxylamine groups is 1. The predicted octanol–water partition coefficient (Wildman–Crippen LogP) is 2.43. The lowest BCUT2D eigenvalue weighted by molar-refractivity contribution is -0.144. The molecule has 1 fully saturated rings. The topological polar surface area (TPSA) is 119 Å². The molecule has 0 saturated heterocycles. The highest BCUT2D eigenvalue weighted by Crippen LogP contribution is 2.26. The SMILES string of the molecule is N[C@@H](Cc1ccccc1)[C@H](O)CN(OC1CCCC1)S(=O)(=O)c1ccc2nccnc2c1. The van der Waals surface area contributed by atoms with Crippen LogP contribution in [0.4, 0.5) is 0 Å². The molecular formula is C23H28N4O4S. The minimum absolute atomic E-state index is 0.0346. The van der Waals surface area contributed by atoms with Crippen molar-refractivity contribution in [3.05, 3.63) is 66.5 Å². The summed E-state index contributed by atoms with van der Waals surface area (Å²) in [5.41, 5.74) is 8.25. The number of hydrogen-bond donors (Lipinski definition) is 2. The van der Waals surface area contributed by atoms with Crippen molar-refractivity contribution >= 4 is 21.1 Å². The Labute approximate surface area is 188 Å². The van der Waals surface area contributed by atoms with E-state index in [2.05, 4.69) is 9.97 Å². The molecule has 3 N–H and O–H groups in total. The van der Waals surface area contributed by atoms with Crippen LogP contribution < -0.4 is 5.73 Å². The molecule has 0 aliphatic heterocycles. The molecule has 1 aliphatic rings. The first-order valence-corrected chi connectivity index (χ1v) is 12.3. The molecule has 1 aliphatic carbocycles. The Bertz CT molecular complexity index is 1140. The number of benzene rings is 2. The first-order valence-electron chi connectivity index (χ1n) is 10.8. The van der Waals surface area contributed by atoms with Crippen LogP contribution in [-0.4, -0.2) is 52.8 Å². The predicted molar refractivity (Wildman–Crippen MR) is 121 cm³/mol. The van der Waals surface area contributed by atoms with E-state index in [4.69, 9.17) is 10.6 Å². The van der Waals surface area contributed by atoms with Gasteiger partial charge in [-0.05, 0) is 43.0 Å². The minimum Gasteiger partial charge on any atom is -0.390 e. The van der Waals surface area contributed by atoms with Crippen molar-refractivity contribution in [1.29, 1.82) is 0 Å². The third kappa shape index (κ3) is 5.31. The number of fused-ring (bicyclic) bond motifs is 1. The van der Waals surface area contributed by atoms with Gasteiger partial charge >= 0.3 is 0 Å². The van der Waals surface area contributed by atoms with Crippen molar-refractivity contribution in [3.63, 3.8) is 0 Å². The van der Waals surface area contributed by atoms with Crippen LogP contribution in [0.5, 0.6) is 0 Å². The fraction of sp³-hybridized carbons (Fsp3) is 0.391. The number of rotatable bonds is 9. The maximum Gasteiger partial charge on any atom is 0.265 e. The van der Waals surface area contributed by atoms with Crippen molar-refractivity contribution in [2.75, 3.05) is 6.54 Å². The van der Waals surface area contributed by atoms with Gasteiger partial charge in [-0.1, -0.05) is 47.6 Å². The molecule has 2 atom stereocenters. The Morgan fingerprint density at radius 1 is 1.06 bits per heavy atom. The van der Waals surface area contributed by atoms with E-state index in [-0.39, 0.29) is 17.5 Å². The summed E-state index contributed by atoms with van der Waals surface area (Å²) in [6, 6.07) is 13.5. The normalized spacial score (nSPS) is 17.1. The minimum atomic E-state index is -4.05. The Morgan fingerprint density at radius 2 is 1.75 bits per heavy atom. The maximum absolute atomic E-state index is 13.5. The molecule has 1 heterocycles. The molecule has 0 unspecified atom stereocenters. The highest BCUT2D eigenvalue weighted by molar-refractivity contribution is 7.89. The summed E-state index contributed by atoms with van der Waals surface area (Å²) in [6.07, 6.45) is 5.71. The van der Waals surface area contributed by atoms with E-state index in [1.807, 2.05) is 30.3 Å². The summed E-state index contributed by atoms with van der Waals surface area (Å²) in [5.74, 6) is 0. The quantitative estimate of drug-likeness (QED) is 0.475. The van der Waals surface area contributed by atoms with Crippen molar-refractivity contribution in [2.24, 2.45) is 5.73 Å². The first-order chi connectivity index (χ1) is 15.4. The molecule has 0 spiro atoms. The van der Waals surface area contributed by atoms with Crippen LogP contribution in [0.2, 0.25) is 0 Å². The van der Waals surface area contributed by atoms with Gasteiger partial charge < -0.3 is 10.8 Å². The molecule has 1 aromatic heterocycles. The van der Waals surface area contributed by atoms with Gasteiger partial charge in [0.2, 0.25) is 0 Å². The van der Waals surface area contributed by atoms with Crippen LogP contribution >= 0.6 is 0 Å². The van der Waals surface area contributed by atoms with Crippen molar-refractivity contribution in [3.8, 4) is 0 Å². The highest BCUT2D eigenvalue weighted by atomic mass is 32.2. The van der Waals surface area contributed by atoms with Crippen LogP contribution in [0.15, 0.2) is 65.8 Å². The number of aliphatic hydroxyl groups is 1. The van der Waals surface area contributed by atoms with Crippen molar-refractivity contribution in [2.45, 2.75) is 55.2 Å². The van der Waals surface area contributed by atoms with E-state index in [9.17, 15) is 13.5 Å². The standard InChI is InChI=1S/C23H28N4O4S/c24-20(14-17-6-2-1-3-7-17)23(28)16-27(31-18-8-4-5-9-18)32(29,30)19-10-11-21-22(15-19)26-13-12-25-21/h1-3,6-7,10-13,15,18,20,23,28H,4-5,8-9,14,16,24H2/t20-,23+/m0/s1. The molecular weight excluding hydrogens is 428 g/mol. The van der Waals surface area contributed by atoms with Gasteiger partial charge in [0.25, 0.3) is 10.0 Å². The largest absolute Gasteiger partial charge is 0.390 e. The van der Waals surface area contributed by atoms with Gasteiger partial charge in [-0.2, -0.15) is 0 Å². The van der Waals surface area contributed by atoms with E-state index >= 15 is 0 Å². The molecule has 8 nitrogen and oxygen atoms in total. The third-order valence-corrected chi connectivity index (χ3v) is 7.34. The fourth-order valence-electron chi connectivity index (χ4n) is 3.89. The zero-order valence-electron chi connectivity index (χ0n) is 17.7. The highest BCUT2D eigenvalue weighted by Gasteiger charge is 2.33. The van der Waals surface area contributed by atoms with Gasteiger partial charge in [-0.15, -0.1) is 0 Å². The lowest BCUT2D eigenvalue weighted by Gasteiger charge is -2.29. The molecule has 4 rings (SSSR count). The second-order valence-corrected chi connectivity index (χ2v) is 9.96. The van der Waals surface area contributed by atoms with Crippen LogP contribution in [0.1, 0.15) is 31.2 Å². The smallest absolute Gasteiger partial charge is 0.265 e.